The maximum absolute atomic E-state index is 13.8. The number of para-hydroxylation sites is 1. The van der Waals surface area contributed by atoms with Crippen LogP contribution in [0.1, 0.15) is 22.3 Å². The quantitative estimate of drug-likeness (QED) is 0.916. The molecule has 1 amide bonds. The number of benzene rings is 2. The van der Waals surface area contributed by atoms with E-state index in [0.717, 1.165) is 30.6 Å². The topological polar surface area (TPSA) is 32.3 Å². The molecular formula is C17H17FN2O. The standard InChI is InChI=1S/C17H17FN2O/c1-20(16-7-3-2-6-14(16)18)17(21)13-8-9-15-12(11-13)5-4-10-19-15/h2-3,6-9,11,19H,4-5,10H2,1H3. The first-order valence-electron chi connectivity index (χ1n) is 7.06. The van der Waals surface area contributed by atoms with Gasteiger partial charge in [0, 0.05) is 24.8 Å². The summed E-state index contributed by atoms with van der Waals surface area (Å²) < 4.78 is 13.8. The molecule has 2 aromatic rings. The highest BCUT2D eigenvalue weighted by Gasteiger charge is 2.18. The normalized spacial score (nSPS) is 13.2. The van der Waals surface area contributed by atoms with Gasteiger partial charge >= 0.3 is 0 Å². The van der Waals surface area contributed by atoms with Crippen molar-refractivity contribution in [3.05, 3.63) is 59.4 Å². The van der Waals surface area contributed by atoms with Crippen LogP contribution in [-0.4, -0.2) is 19.5 Å². The zero-order valence-corrected chi connectivity index (χ0v) is 11.9. The number of rotatable bonds is 2. The Bertz CT molecular complexity index is 684. The molecule has 0 bridgehead atoms. The lowest BCUT2D eigenvalue weighted by Gasteiger charge is -2.21. The number of anilines is 2. The Morgan fingerprint density at radius 3 is 2.86 bits per heavy atom. The van der Waals surface area contributed by atoms with Gasteiger partial charge in [-0.1, -0.05) is 12.1 Å². The average molecular weight is 284 g/mol. The third-order valence-electron chi connectivity index (χ3n) is 3.81. The Kier molecular flexibility index (Phi) is 3.60. The van der Waals surface area contributed by atoms with Crippen molar-refractivity contribution in [3.8, 4) is 0 Å². The first-order chi connectivity index (χ1) is 10.2. The van der Waals surface area contributed by atoms with Gasteiger partial charge in [0.05, 0.1) is 5.69 Å². The molecule has 3 nitrogen and oxygen atoms in total. The average Bonchev–Trinajstić information content (AvgIpc) is 2.53. The monoisotopic (exact) mass is 284 g/mol. The largest absolute Gasteiger partial charge is 0.385 e. The molecule has 2 aromatic carbocycles. The van der Waals surface area contributed by atoms with Crippen molar-refractivity contribution in [1.82, 2.24) is 0 Å². The Hall–Kier alpha value is -2.36. The van der Waals surface area contributed by atoms with Gasteiger partial charge < -0.3 is 10.2 Å². The van der Waals surface area contributed by atoms with E-state index in [1.54, 1.807) is 31.3 Å². The van der Waals surface area contributed by atoms with Crippen LogP contribution >= 0.6 is 0 Å². The number of aryl methyl sites for hydroxylation is 1. The van der Waals surface area contributed by atoms with E-state index in [1.807, 2.05) is 12.1 Å². The van der Waals surface area contributed by atoms with Crippen LogP contribution in [-0.2, 0) is 6.42 Å². The number of hydrogen-bond donors (Lipinski definition) is 1. The molecule has 3 rings (SSSR count). The fraction of sp³-hybridized carbons (Fsp3) is 0.235. The lowest BCUT2D eigenvalue weighted by Crippen LogP contribution is -2.27. The molecule has 4 heteroatoms. The number of nitrogens with one attached hydrogen (secondary N) is 1. The van der Waals surface area contributed by atoms with Crippen LogP contribution in [0.3, 0.4) is 0 Å². The highest BCUT2D eigenvalue weighted by Crippen LogP contribution is 2.25. The van der Waals surface area contributed by atoms with Crippen molar-refractivity contribution in [1.29, 1.82) is 0 Å². The summed E-state index contributed by atoms with van der Waals surface area (Å²) in [6, 6.07) is 11.9. The molecule has 1 heterocycles. The van der Waals surface area contributed by atoms with Gasteiger partial charge in [0.15, 0.2) is 0 Å². The maximum Gasteiger partial charge on any atom is 0.258 e. The number of carbonyl (C=O) groups is 1. The van der Waals surface area contributed by atoms with Crippen LogP contribution in [0, 0.1) is 5.82 Å². The number of amides is 1. The Balaban J connectivity index is 1.90. The lowest BCUT2D eigenvalue weighted by atomic mass is 10.0. The van der Waals surface area contributed by atoms with E-state index < -0.39 is 5.82 Å². The molecule has 0 aromatic heterocycles. The predicted molar refractivity (Wildman–Crippen MR) is 82.4 cm³/mol. The molecule has 108 valence electrons. The van der Waals surface area contributed by atoms with Crippen molar-refractivity contribution in [2.45, 2.75) is 12.8 Å². The van der Waals surface area contributed by atoms with Gasteiger partial charge in [-0.25, -0.2) is 4.39 Å². The van der Waals surface area contributed by atoms with E-state index in [0.29, 0.717) is 11.3 Å². The second-order valence-corrected chi connectivity index (χ2v) is 5.22. The predicted octanol–water partition coefficient (Wildman–Crippen LogP) is 3.46. The smallest absolute Gasteiger partial charge is 0.258 e. The lowest BCUT2D eigenvalue weighted by molar-refractivity contribution is 0.0992. The molecular weight excluding hydrogens is 267 g/mol. The summed E-state index contributed by atoms with van der Waals surface area (Å²) in [5.41, 5.74) is 3.11. The van der Waals surface area contributed by atoms with E-state index in [-0.39, 0.29) is 5.91 Å². The van der Waals surface area contributed by atoms with Gasteiger partial charge in [0.25, 0.3) is 5.91 Å². The van der Waals surface area contributed by atoms with Crippen molar-refractivity contribution in [2.75, 3.05) is 23.8 Å². The maximum atomic E-state index is 13.8. The molecule has 0 unspecified atom stereocenters. The highest BCUT2D eigenvalue weighted by molar-refractivity contribution is 6.06. The van der Waals surface area contributed by atoms with Crippen LogP contribution < -0.4 is 10.2 Å². The van der Waals surface area contributed by atoms with Crippen molar-refractivity contribution < 1.29 is 9.18 Å². The number of fused-ring (bicyclic) bond motifs is 1. The minimum atomic E-state index is -0.395. The zero-order chi connectivity index (χ0) is 14.8. The number of carbonyl (C=O) groups excluding carboxylic acids is 1. The minimum Gasteiger partial charge on any atom is -0.385 e. The summed E-state index contributed by atoms with van der Waals surface area (Å²) in [6.45, 7) is 0.968. The number of halogens is 1. The molecule has 0 spiro atoms. The Morgan fingerprint density at radius 1 is 1.24 bits per heavy atom. The number of hydrogen-bond acceptors (Lipinski definition) is 2. The minimum absolute atomic E-state index is 0.200. The summed E-state index contributed by atoms with van der Waals surface area (Å²) in [4.78, 5) is 13.9. The van der Waals surface area contributed by atoms with Crippen LogP contribution in [0.4, 0.5) is 15.8 Å². The van der Waals surface area contributed by atoms with Crippen LogP contribution in [0.15, 0.2) is 42.5 Å². The van der Waals surface area contributed by atoms with Gasteiger partial charge in [-0.05, 0) is 48.7 Å². The molecule has 0 saturated carbocycles. The summed E-state index contributed by atoms with van der Waals surface area (Å²) in [5.74, 6) is -0.596. The third-order valence-corrected chi connectivity index (χ3v) is 3.81. The van der Waals surface area contributed by atoms with Crippen LogP contribution in [0.25, 0.3) is 0 Å². The molecule has 1 aliphatic rings. The van der Waals surface area contributed by atoms with E-state index in [1.165, 1.54) is 11.0 Å². The highest BCUT2D eigenvalue weighted by atomic mass is 19.1. The van der Waals surface area contributed by atoms with Crippen molar-refractivity contribution in [2.24, 2.45) is 0 Å². The van der Waals surface area contributed by atoms with Gasteiger partial charge in [-0.3, -0.25) is 4.79 Å². The Morgan fingerprint density at radius 2 is 2.05 bits per heavy atom. The molecule has 0 atom stereocenters. The van der Waals surface area contributed by atoms with Crippen molar-refractivity contribution >= 4 is 17.3 Å². The molecule has 1 aliphatic heterocycles. The van der Waals surface area contributed by atoms with Crippen LogP contribution in [0.2, 0.25) is 0 Å². The molecule has 0 fully saturated rings. The summed E-state index contributed by atoms with van der Waals surface area (Å²) in [7, 11) is 1.60. The van der Waals surface area contributed by atoms with E-state index in [2.05, 4.69) is 5.32 Å². The fourth-order valence-corrected chi connectivity index (χ4v) is 2.63. The van der Waals surface area contributed by atoms with E-state index in [4.69, 9.17) is 0 Å². The van der Waals surface area contributed by atoms with Gasteiger partial charge in [0.1, 0.15) is 5.82 Å². The third kappa shape index (κ3) is 2.61. The second kappa shape index (κ2) is 5.56. The molecule has 1 N–H and O–H groups in total. The molecule has 21 heavy (non-hydrogen) atoms. The number of nitrogens with zero attached hydrogens (tertiary/aromatic N) is 1. The second-order valence-electron chi connectivity index (χ2n) is 5.22. The SMILES string of the molecule is CN(C(=O)c1ccc2c(c1)CCCN2)c1ccccc1F. The van der Waals surface area contributed by atoms with Gasteiger partial charge in [-0.2, -0.15) is 0 Å². The van der Waals surface area contributed by atoms with Gasteiger partial charge in [0.2, 0.25) is 0 Å². The van der Waals surface area contributed by atoms with Gasteiger partial charge in [-0.15, -0.1) is 0 Å². The summed E-state index contributed by atoms with van der Waals surface area (Å²) in [6.07, 6.45) is 2.03. The first kappa shape index (κ1) is 13.6. The first-order valence-corrected chi connectivity index (χ1v) is 7.06. The van der Waals surface area contributed by atoms with Crippen molar-refractivity contribution in [3.63, 3.8) is 0 Å². The summed E-state index contributed by atoms with van der Waals surface area (Å²) in [5, 5.41) is 3.31. The molecule has 0 radical (unpaired) electrons. The fourth-order valence-electron chi connectivity index (χ4n) is 2.63. The molecule has 0 aliphatic carbocycles. The van der Waals surface area contributed by atoms with E-state index >= 15 is 0 Å². The Labute approximate surface area is 123 Å². The summed E-state index contributed by atoms with van der Waals surface area (Å²) >= 11 is 0. The molecule has 0 saturated heterocycles. The zero-order valence-electron chi connectivity index (χ0n) is 11.9. The van der Waals surface area contributed by atoms with E-state index in [9.17, 15) is 9.18 Å². The van der Waals surface area contributed by atoms with Crippen LogP contribution in [0.5, 0.6) is 0 Å².